The zero-order valence-electron chi connectivity index (χ0n) is 8.37. The van der Waals surface area contributed by atoms with Gasteiger partial charge in [0.15, 0.2) is 0 Å². The molecule has 1 atom stereocenters. The smallest absolute Gasteiger partial charge is 0.331 e. The van der Waals surface area contributed by atoms with Crippen molar-refractivity contribution in [2.24, 2.45) is 11.8 Å². The highest BCUT2D eigenvalue weighted by atomic mass is 16.4. The van der Waals surface area contributed by atoms with Crippen LogP contribution >= 0.6 is 0 Å². The van der Waals surface area contributed by atoms with Gasteiger partial charge in [-0.3, -0.25) is 0 Å². The van der Waals surface area contributed by atoms with Gasteiger partial charge < -0.3 is 5.11 Å². The van der Waals surface area contributed by atoms with Crippen molar-refractivity contribution < 1.29 is 9.90 Å². The minimum atomic E-state index is -0.786. The average molecular weight is 180 g/mol. The van der Waals surface area contributed by atoms with E-state index in [1.807, 2.05) is 6.08 Å². The average Bonchev–Trinajstić information content (AvgIpc) is 2.03. The lowest BCUT2D eigenvalue weighted by Gasteiger charge is -2.22. The second-order valence-electron chi connectivity index (χ2n) is 3.92. The number of rotatable bonds is 2. The highest BCUT2D eigenvalue weighted by molar-refractivity contribution is 5.87. The molecule has 72 valence electrons. The molecule has 1 rings (SSSR count). The largest absolute Gasteiger partial charge is 0.478 e. The Hall–Kier alpha value is -1.05. The molecule has 0 amide bonds. The van der Waals surface area contributed by atoms with Crippen molar-refractivity contribution in [3.63, 3.8) is 0 Å². The Labute approximate surface area is 79.0 Å². The Balaban J connectivity index is 2.87. The van der Waals surface area contributed by atoms with Gasteiger partial charge in [-0.2, -0.15) is 0 Å². The van der Waals surface area contributed by atoms with Crippen molar-refractivity contribution >= 4 is 5.97 Å². The van der Waals surface area contributed by atoms with Gasteiger partial charge in [-0.1, -0.05) is 38.5 Å². The van der Waals surface area contributed by atoms with E-state index in [2.05, 4.69) is 20.8 Å². The summed E-state index contributed by atoms with van der Waals surface area (Å²) in [7, 11) is 0. The molecular formula is C11H16O2. The Bertz CT molecular complexity index is 272. The molecule has 1 aliphatic carbocycles. The molecule has 0 spiro atoms. The Morgan fingerprint density at radius 2 is 2.15 bits per heavy atom. The van der Waals surface area contributed by atoms with Crippen LogP contribution in [0.2, 0.25) is 0 Å². The van der Waals surface area contributed by atoms with Crippen LogP contribution in [-0.2, 0) is 4.79 Å². The predicted molar refractivity (Wildman–Crippen MR) is 52.4 cm³/mol. The molecule has 0 aromatic rings. The lowest BCUT2D eigenvalue weighted by atomic mass is 9.83. The number of carboxylic acid groups (broad SMARTS) is 1. The molecule has 2 heteroatoms. The lowest BCUT2D eigenvalue weighted by molar-refractivity contribution is -0.132. The third-order valence-corrected chi connectivity index (χ3v) is 2.51. The third kappa shape index (κ3) is 2.20. The maximum Gasteiger partial charge on any atom is 0.331 e. The first-order valence-corrected chi connectivity index (χ1v) is 4.66. The van der Waals surface area contributed by atoms with Crippen molar-refractivity contribution in [1.29, 1.82) is 0 Å². The number of carbonyl (C=O) groups is 1. The Morgan fingerprint density at radius 3 is 2.54 bits per heavy atom. The van der Waals surface area contributed by atoms with Crippen LogP contribution in [0.3, 0.4) is 0 Å². The summed E-state index contributed by atoms with van der Waals surface area (Å²) in [5, 5.41) is 8.78. The fourth-order valence-corrected chi connectivity index (χ4v) is 1.80. The summed E-state index contributed by atoms with van der Waals surface area (Å²) in [6.45, 7) is 6.37. The molecule has 0 radical (unpaired) electrons. The van der Waals surface area contributed by atoms with Gasteiger partial charge in [-0.15, -0.1) is 0 Å². The molecule has 0 saturated heterocycles. The maximum atomic E-state index is 10.7. The Kier molecular flexibility index (Phi) is 2.91. The van der Waals surface area contributed by atoms with Crippen molar-refractivity contribution in [2.75, 3.05) is 0 Å². The highest BCUT2D eigenvalue weighted by Crippen LogP contribution is 2.29. The number of aliphatic carboxylic acids is 1. The molecule has 0 fully saturated rings. The monoisotopic (exact) mass is 180 g/mol. The van der Waals surface area contributed by atoms with Crippen LogP contribution in [0.4, 0.5) is 0 Å². The summed E-state index contributed by atoms with van der Waals surface area (Å²) in [5.74, 6) is 0.101. The standard InChI is InChI=1S/C11H16O2/c1-7(2)10-5-4-9(11(12)13)6-8(10)3/h4-5,7-8H,6H2,1-3H3,(H,12,13). The highest BCUT2D eigenvalue weighted by Gasteiger charge is 2.20. The predicted octanol–water partition coefficient (Wildman–Crippen LogP) is 2.62. The quantitative estimate of drug-likeness (QED) is 0.709. The summed E-state index contributed by atoms with van der Waals surface area (Å²) < 4.78 is 0. The summed E-state index contributed by atoms with van der Waals surface area (Å²) >= 11 is 0. The minimum absolute atomic E-state index is 0.371. The summed E-state index contributed by atoms with van der Waals surface area (Å²) in [6.07, 6.45) is 4.36. The number of hydrogen-bond acceptors (Lipinski definition) is 1. The number of hydrogen-bond donors (Lipinski definition) is 1. The van der Waals surface area contributed by atoms with Gasteiger partial charge in [0.1, 0.15) is 0 Å². The van der Waals surface area contributed by atoms with Gasteiger partial charge >= 0.3 is 5.97 Å². The number of carboxylic acids is 1. The van der Waals surface area contributed by atoms with Crippen LogP contribution in [-0.4, -0.2) is 11.1 Å². The van der Waals surface area contributed by atoms with Crippen molar-refractivity contribution in [3.05, 3.63) is 23.3 Å². The van der Waals surface area contributed by atoms with Gasteiger partial charge in [-0.05, 0) is 18.3 Å². The fourth-order valence-electron chi connectivity index (χ4n) is 1.80. The topological polar surface area (TPSA) is 37.3 Å². The summed E-state index contributed by atoms with van der Waals surface area (Å²) in [4.78, 5) is 10.7. The van der Waals surface area contributed by atoms with E-state index in [1.54, 1.807) is 6.08 Å². The zero-order chi connectivity index (χ0) is 10.0. The molecule has 0 bridgehead atoms. The molecule has 0 aromatic heterocycles. The van der Waals surface area contributed by atoms with E-state index in [4.69, 9.17) is 5.11 Å². The van der Waals surface area contributed by atoms with Gasteiger partial charge in [0.25, 0.3) is 0 Å². The fraction of sp³-hybridized carbons (Fsp3) is 0.545. The second-order valence-corrected chi connectivity index (χ2v) is 3.92. The second kappa shape index (κ2) is 3.77. The van der Waals surface area contributed by atoms with Gasteiger partial charge in [0.05, 0.1) is 0 Å². The summed E-state index contributed by atoms with van der Waals surface area (Å²) in [6, 6.07) is 0. The molecule has 0 heterocycles. The SMILES string of the molecule is CC(C)C1=CC=C(C(=O)O)CC1C. The van der Waals surface area contributed by atoms with E-state index in [0.717, 1.165) is 0 Å². The zero-order valence-corrected chi connectivity index (χ0v) is 8.37. The molecule has 1 aliphatic rings. The lowest BCUT2D eigenvalue weighted by Crippen LogP contribution is -2.14. The summed E-state index contributed by atoms with van der Waals surface area (Å²) in [5.41, 5.74) is 1.88. The molecule has 0 saturated carbocycles. The van der Waals surface area contributed by atoms with Crippen LogP contribution in [0.15, 0.2) is 23.3 Å². The molecular weight excluding hydrogens is 164 g/mol. The first kappa shape index (κ1) is 10.0. The normalized spacial score (nSPS) is 22.6. The first-order chi connectivity index (χ1) is 6.02. The van der Waals surface area contributed by atoms with E-state index in [0.29, 0.717) is 23.8 Å². The minimum Gasteiger partial charge on any atom is -0.478 e. The Morgan fingerprint density at radius 1 is 1.54 bits per heavy atom. The number of allylic oxidation sites excluding steroid dienone is 3. The van der Waals surface area contributed by atoms with Crippen LogP contribution in [0.5, 0.6) is 0 Å². The molecule has 13 heavy (non-hydrogen) atoms. The van der Waals surface area contributed by atoms with Crippen LogP contribution in [0, 0.1) is 11.8 Å². The molecule has 1 N–H and O–H groups in total. The molecule has 2 nitrogen and oxygen atoms in total. The van der Waals surface area contributed by atoms with Crippen molar-refractivity contribution in [2.45, 2.75) is 27.2 Å². The third-order valence-electron chi connectivity index (χ3n) is 2.51. The van der Waals surface area contributed by atoms with Crippen molar-refractivity contribution in [1.82, 2.24) is 0 Å². The van der Waals surface area contributed by atoms with Gasteiger partial charge in [0.2, 0.25) is 0 Å². The van der Waals surface area contributed by atoms with Crippen LogP contribution < -0.4 is 0 Å². The van der Waals surface area contributed by atoms with E-state index in [-0.39, 0.29) is 0 Å². The van der Waals surface area contributed by atoms with Gasteiger partial charge in [-0.25, -0.2) is 4.79 Å². The van der Waals surface area contributed by atoms with Crippen molar-refractivity contribution in [3.8, 4) is 0 Å². The first-order valence-electron chi connectivity index (χ1n) is 4.66. The maximum absolute atomic E-state index is 10.7. The molecule has 0 aliphatic heterocycles. The molecule has 1 unspecified atom stereocenters. The van der Waals surface area contributed by atoms with Crippen LogP contribution in [0.1, 0.15) is 27.2 Å². The van der Waals surface area contributed by atoms with E-state index < -0.39 is 5.97 Å². The van der Waals surface area contributed by atoms with E-state index >= 15 is 0 Å². The van der Waals surface area contributed by atoms with E-state index in [9.17, 15) is 4.79 Å². The van der Waals surface area contributed by atoms with Gasteiger partial charge in [0, 0.05) is 5.57 Å². The van der Waals surface area contributed by atoms with Crippen LogP contribution in [0.25, 0.3) is 0 Å². The van der Waals surface area contributed by atoms with E-state index in [1.165, 1.54) is 5.57 Å². The molecule has 0 aromatic carbocycles.